The molecule has 1 saturated heterocycles. The first-order valence-electron chi connectivity index (χ1n) is 12.0. The van der Waals surface area contributed by atoms with Crippen molar-refractivity contribution in [3.05, 3.63) is 113 Å². The second-order valence-electron chi connectivity index (χ2n) is 9.22. The highest BCUT2D eigenvalue weighted by molar-refractivity contribution is 7.90. The lowest BCUT2D eigenvalue weighted by atomic mass is 10.0. The second kappa shape index (κ2) is 10.5. The molecule has 0 aromatic heterocycles. The normalized spacial score (nSPS) is 15.9. The topological polar surface area (TPSA) is 66.9 Å². The molecule has 2 amide bonds. The second-order valence-corrected chi connectivity index (χ2v) is 11.7. The van der Waals surface area contributed by atoms with Gasteiger partial charge < -0.3 is 4.74 Å². The number of amides is 2. The maximum Gasteiger partial charge on any atom is 0.416 e. The molecule has 1 fully saturated rings. The van der Waals surface area contributed by atoms with E-state index in [0.29, 0.717) is 33.5 Å². The SMILES string of the molecule is CS(=O)(=O)c1ccc(N2CC(c3cccc(C(F)(F)F)c3)N(c3ccc(Oc4ccc(Cl)cc4)cc3)C2=O)cc1. The summed E-state index contributed by atoms with van der Waals surface area (Å²) < 4.78 is 70.1. The molecule has 4 aromatic carbocycles. The van der Waals surface area contributed by atoms with Crippen LogP contribution in [-0.4, -0.2) is 27.2 Å². The van der Waals surface area contributed by atoms with Gasteiger partial charge in [-0.3, -0.25) is 9.80 Å². The van der Waals surface area contributed by atoms with Crippen LogP contribution in [-0.2, 0) is 16.0 Å². The molecule has 11 heteroatoms. The summed E-state index contributed by atoms with van der Waals surface area (Å²) in [7, 11) is -3.45. The van der Waals surface area contributed by atoms with Crippen molar-refractivity contribution in [1.29, 1.82) is 0 Å². The molecule has 0 bridgehead atoms. The summed E-state index contributed by atoms with van der Waals surface area (Å²) in [6.07, 6.45) is -3.47. The summed E-state index contributed by atoms with van der Waals surface area (Å²) in [6.45, 7) is 0.0430. The Bertz CT molecular complexity index is 1640. The van der Waals surface area contributed by atoms with Crippen molar-refractivity contribution in [2.75, 3.05) is 22.6 Å². The Morgan fingerprint density at radius 3 is 2.00 bits per heavy atom. The molecule has 4 aromatic rings. The minimum Gasteiger partial charge on any atom is -0.457 e. The zero-order valence-corrected chi connectivity index (χ0v) is 22.5. The van der Waals surface area contributed by atoms with Crippen LogP contribution < -0.4 is 14.5 Å². The Labute approximate surface area is 234 Å². The molecule has 1 aliphatic rings. The Hall–Kier alpha value is -4.02. The number of alkyl halides is 3. The molecule has 1 aliphatic heterocycles. The number of carbonyl (C=O) groups is 1. The van der Waals surface area contributed by atoms with E-state index < -0.39 is 33.6 Å². The summed E-state index contributed by atoms with van der Waals surface area (Å²) in [5.74, 6) is 1.04. The van der Waals surface area contributed by atoms with Crippen LogP contribution in [0.2, 0.25) is 5.02 Å². The molecule has 206 valence electrons. The highest BCUT2D eigenvalue weighted by Gasteiger charge is 2.41. The van der Waals surface area contributed by atoms with Crippen LogP contribution in [0.25, 0.3) is 0 Å². The number of hydrogen-bond acceptors (Lipinski definition) is 4. The first-order valence-corrected chi connectivity index (χ1v) is 14.3. The van der Waals surface area contributed by atoms with E-state index in [1.165, 1.54) is 40.1 Å². The number of carbonyl (C=O) groups excluding carboxylic acids is 1. The van der Waals surface area contributed by atoms with Crippen molar-refractivity contribution in [1.82, 2.24) is 0 Å². The van der Waals surface area contributed by atoms with Crippen molar-refractivity contribution in [2.45, 2.75) is 17.1 Å². The van der Waals surface area contributed by atoms with Gasteiger partial charge in [-0.25, -0.2) is 13.2 Å². The van der Waals surface area contributed by atoms with E-state index in [0.717, 1.165) is 18.4 Å². The maximum absolute atomic E-state index is 13.7. The minimum atomic E-state index is -4.55. The molecule has 1 atom stereocenters. The van der Waals surface area contributed by atoms with Gasteiger partial charge in [-0.05, 0) is 90.5 Å². The molecule has 1 unspecified atom stereocenters. The molecule has 5 rings (SSSR count). The molecule has 40 heavy (non-hydrogen) atoms. The number of rotatable bonds is 6. The van der Waals surface area contributed by atoms with Crippen LogP contribution in [0.4, 0.5) is 29.3 Å². The van der Waals surface area contributed by atoms with Gasteiger partial charge in [0.25, 0.3) is 0 Å². The Morgan fingerprint density at radius 1 is 0.850 bits per heavy atom. The third kappa shape index (κ3) is 5.78. The summed E-state index contributed by atoms with van der Waals surface area (Å²) in [5, 5.41) is 0.561. The predicted octanol–water partition coefficient (Wildman–Crippen LogP) is 7.74. The minimum absolute atomic E-state index is 0.0430. The quantitative estimate of drug-likeness (QED) is 0.232. The Balaban J connectivity index is 1.50. The van der Waals surface area contributed by atoms with Gasteiger partial charge in [0, 0.05) is 22.7 Å². The first kappa shape index (κ1) is 27.5. The predicted molar refractivity (Wildman–Crippen MR) is 147 cm³/mol. The lowest BCUT2D eigenvalue weighted by molar-refractivity contribution is -0.137. The van der Waals surface area contributed by atoms with Gasteiger partial charge in [0.1, 0.15) is 11.5 Å². The van der Waals surface area contributed by atoms with Crippen LogP contribution in [0.1, 0.15) is 17.2 Å². The summed E-state index contributed by atoms with van der Waals surface area (Å²) in [5.41, 5.74) is 0.352. The number of hydrogen-bond donors (Lipinski definition) is 0. The lowest BCUT2D eigenvalue weighted by Crippen LogP contribution is -2.32. The van der Waals surface area contributed by atoms with Gasteiger partial charge in [-0.2, -0.15) is 13.2 Å². The van der Waals surface area contributed by atoms with Crippen molar-refractivity contribution in [3.8, 4) is 11.5 Å². The summed E-state index contributed by atoms with van der Waals surface area (Å²) in [6, 6.07) is 22.8. The van der Waals surface area contributed by atoms with E-state index in [1.807, 2.05) is 0 Å². The standard InChI is InChI=1S/C29H22ClF3N2O4S/c1-40(37,38)26-15-9-22(10-16-26)34-18-27(19-3-2-4-20(17-19)29(31,32)33)35(28(34)36)23-7-13-25(14-8-23)39-24-11-5-21(30)6-12-24/h2-17,27H,18H2,1H3. The summed E-state index contributed by atoms with van der Waals surface area (Å²) in [4.78, 5) is 16.7. The molecule has 0 radical (unpaired) electrons. The van der Waals surface area contributed by atoms with Gasteiger partial charge in [-0.1, -0.05) is 23.7 Å². The van der Waals surface area contributed by atoms with Crippen LogP contribution in [0, 0.1) is 0 Å². The zero-order valence-electron chi connectivity index (χ0n) is 21.0. The van der Waals surface area contributed by atoms with Gasteiger partial charge in [0.05, 0.1) is 23.0 Å². The van der Waals surface area contributed by atoms with E-state index >= 15 is 0 Å². The number of ether oxygens (including phenoxy) is 1. The number of nitrogens with zero attached hydrogens (tertiary/aromatic N) is 2. The van der Waals surface area contributed by atoms with Crippen LogP contribution in [0.5, 0.6) is 11.5 Å². The Kier molecular flexibility index (Phi) is 7.24. The molecule has 6 nitrogen and oxygen atoms in total. The van der Waals surface area contributed by atoms with Crippen LogP contribution in [0.3, 0.4) is 0 Å². The van der Waals surface area contributed by atoms with E-state index in [4.69, 9.17) is 16.3 Å². The number of sulfone groups is 1. The van der Waals surface area contributed by atoms with Crippen molar-refractivity contribution < 1.29 is 31.1 Å². The highest BCUT2D eigenvalue weighted by atomic mass is 35.5. The lowest BCUT2D eigenvalue weighted by Gasteiger charge is -2.24. The number of halogens is 4. The van der Waals surface area contributed by atoms with Gasteiger partial charge in [-0.15, -0.1) is 0 Å². The van der Waals surface area contributed by atoms with Crippen LogP contribution in [0.15, 0.2) is 102 Å². The van der Waals surface area contributed by atoms with Crippen molar-refractivity contribution in [3.63, 3.8) is 0 Å². The maximum atomic E-state index is 13.7. The van der Waals surface area contributed by atoms with E-state index in [2.05, 4.69) is 0 Å². The first-order chi connectivity index (χ1) is 18.9. The fraction of sp³-hybridized carbons (Fsp3) is 0.138. The third-order valence-corrected chi connectivity index (χ3v) is 7.82. The van der Waals surface area contributed by atoms with Gasteiger partial charge >= 0.3 is 12.2 Å². The average molecular weight is 587 g/mol. The van der Waals surface area contributed by atoms with Crippen molar-refractivity contribution in [2.24, 2.45) is 0 Å². The molecule has 0 saturated carbocycles. The zero-order chi connectivity index (χ0) is 28.7. The summed E-state index contributed by atoms with van der Waals surface area (Å²) >= 11 is 5.92. The largest absolute Gasteiger partial charge is 0.457 e. The van der Waals surface area contributed by atoms with Gasteiger partial charge in [0.15, 0.2) is 9.84 Å². The monoisotopic (exact) mass is 586 g/mol. The average Bonchev–Trinajstić information content (AvgIpc) is 3.26. The smallest absolute Gasteiger partial charge is 0.416 e. The highest BCUT2D eigenvalue weighted by Crippen LogP contribution is 2.40. The number of urea groups is 1. The molecule has 0 spiro atoms. The Morgan fingerprint density at radius 2 is 1.43 bits per heavy atom. The van der Waals surface area contributed by atoms with E-state index in [1.54, 1.807) is 54.6 Å². The molecular formula is C29H22ClF3N2O4S. The van der Waals surface area contributed by atoms with Crippen molar-refractivity contribution >= 4 is 38.8 Å². The van der Waals surface area contributed by atoms with Crippen LogP contribution >= 0.6 is 11.6 Å². The fourth-order valence-corrected chi connectivity index (χ4v) is 5.22. The van der Waals surface area contributed by atoms with Gasteiger partial charge in [0.2, 0.25) is 0 Å². The molecule has 0 aliphatic carbocycles. The van der Waals surface area contributed by atoms with E-state index in [9.17, 15) is 26.4 Å². The molecule has 0 N–H and O–H groups in total. The fourth-order valence-electron chi connectivity index (χ4n) is 4.47. The van der Waals surface area contributed by atoms with E-state index in [-0.39, 0.29) is 11.4 Å². The number of benzene rings is 4. The molecule has 1 heterocycles. The molecular weight excluding hydrogens is 565 g/mol. The number of anilines is 2. The third-order valence-electron chi connectivity index (χ3n) is 6.44.